The number of thiophene rings is 1. The summed E-state index contributed by atoms with van der Waals surface area (Å²) in [4.78, 5) is 4.06. The molecule has 0 bridgehead atoms. The molecule has 0 aromatic carbocycles. The molecule has 5 heteroatoms. The maximum atomic E-state index is 12.6. The lowest BCUT2D eigenvalue weighted by atomic mass is 10.1. The summed E-state index contributed by atoms with van der Waals surface area (Å²) in [6.07, 6.45) is -2.48. The first-order chi connectivity index (χ1) is 7.09. The zero-order chi connectivity index (χ0) is 11.0. The van der Waals surface area contributed by atoms with Crippen molar-refractivity contribution in [1.29, 1.82) is 0 Å². The monoisotopic (exact) mass is 229 g/mol. The molecule has 2 rings (SSSR count). The fourth-order valence-electron chi connectivity index (χ4n) is 1.44. The Morgan fingerprint density at radius 3 is 2.60 bits per heavy atom. The predicted molar refractivity (Wildman–Crippen MR) is 54.2 cm³/mol. The van der Waals surface area contributed by atoms with E-state index in [4.69, 9.17) is 4.42 Å². The molecule has 2 aromatic rings. The minimum absolute atomic E-state index is 0.0132. The van der Waals surface area contributed by atoms with E-state index in [-0.39, 0.29) is 5.56 Å². The summed E-state index contributed by atoms with van der Waals surface area (Å²) in [6.45, 7) is 3.45. The topological polar surface area (TPSA) is 26.0 Å². The summed E-state index contributed by atoms with van der Waals surface area (Å²) in [5, 5.41) is 3.10. The Labute approximate surface area is 89.6 Å². The second-order valence-electron chi connectivity index (χ2n) is 3.19. The van der Waals surface area contributed by atoms with Crippen molar-refractivity contribution in [3.8, 4) is 11.3 Å². The number of rotatable bonds is 2. The SMILES string of the molecule is Cc1nc(C)c(-c2cscc2C(F)F)o1. The molecule has 0 aliphatic carbocycles. The van der Waals surface area contributed by atoms with Crippen molar-refractivity contribution < 1.29 is 13.2 Å². The van der Waals surface area contributed by atoms with Gasteiger partial charge in [-0.1, -0.05) is 0 Å². The molecule has 0 saturated heterocycles. The van der Waals surface area contributed by atoms with Crippen LogP contribution in [0.3, 0.4) is 0 Å². The van der Waals surface area contributed by atoms with Gasteiger partial charge in [-0.25, -0.2) is 13.8 Å². The molecule has 15 heavy (non-hydrogen) atoms. The van der Waals surface area contributed by atoms with Gasteiger partial charge in [0.25, 0.3) is 6.43 Å². The van der Waals surface area contributed by atoms with Gasteiger partial charge >= 0.3 is 0 Å². The summed E-state index contributed by atoms with van der Waals surface area (Å²) in [6, 6.07) is 0. The van der Waals surface area contributed by atoms with Crippen LogP contribution in [0.25, 0.3) is 11.3 Å². The van der Waals surface area contributed by atoms with Crippen LogP contribution in [0.5, 0.6) is 0 Å². The molecule has 0 amide bonds. The number of halogens is 2. The van der Waals surface area contributed by atoms with E-state index in [1.165, 1.54) is 16.7 Å². The van der Waals surface area contributed by atoms with Crippen molar-refractivity contribution in [3.63, 3.8) is 0 Å². The lowest BCUT2D eigenvalue weighted by Crippen LogP contribution is -1.85. The summed E-state index contributed by atoms with van der Waals surface area (Å²) in [5.41, 5.74) is 1.11. The zero-order valence-corrected chi connectivity index (χ0v) is 9.07. The molecule has 0 radical (unpaired) electrons. The summed E-state index contributed by atoms with van der Waals surface area (Å²) < 4.78 is 30.6. The van der Waals surface area contributed by atoms with Crippen LogP contribution in [-0.2, 0) is 0 Å². The normalized spacial score (nSPS) is 11.3. The largest absolute Gasteiger partial charge is 0.441 e. The lowest BCUT2D eigenvalue weighted by molar-refractivity contribution is 0.152. The van der Waals surface area contributed by atoms with Gasteiger partial charge in [-0.15, -0.1) is 0 Å². The fraction of sp³-hybridized carbons (Fsp3) is 0.300. The van der Waals surface area contributed by atoms with Crippen molar-refractivity contribution in [2.24, 2.45) is 0 Å². The number of aromatic nitrogens is 1. The number of hydrogen-bond donors (Lipinski definition) is 0. The number of alkyl halides is 2. The molecule has 0 fully saturated rings. The van der Waals surface area contributed by atoms with Crippen LogP contribution in [0.15, 0.2) is 15.2 Å². The van der Waals surface area contributed by atoms with E-state index < -0.39 is 6.43 Å². The van der Waals surface area contributed by atoms with Crippen LogP contribution in [0.1, 0.15) is 23.6 Å². The van der Waals surface area contributed by atoms with Gasteiger partial charge in [-0.05, 0) is 6.92 Å². The van der Waals surface area contributed by atoms with Crippen molar-refractivity contribution in [2.75, 3.05) is 0 Å². The average molecular weight is 229 g/mol. The average Bonchev–Trinajstić information content (AvgIpc) is 2.71. The Kier molecular flexibility index (Phi) is 2.56. The maximum Gasteiger partial charge on any atom is 0.265 e. The molecule has 0 aliphatic rings. The van der Waals surface area contributed by atoms with Crippen molar-refractivity contribution in [2.45, 2.75) is 20.3 Å². The highest BCUT2D eigenvalue weighted by Gasteiger charge is 2.19. The zero-order valence-electron chi connectivity index (χ0n) is 8.25. The third-order valence-corrected chi connectivity index (χ3v) is 2.84. The van der Waals surface area contributed by atoms with E-state index >= 15 is 0 Å². The van der Waals surface area contributed by atoms with Crippen LogP contribution in [0.2, 0.25) is 0 Å². The fourth-order valence-corrected chi connectivity index (χ4v) is 2.27. The van der Waals surface area contributed by atoms with Gasteiger partial charge in [0.1, 0.15) is 0 Å². The Bertz CT molecular complexity index is 475. The molecule has 0 saturated carbocycles. The second-order valence-corrected chi connectivity index (χ2v) is 3.93. The third kappa shape index (κ3) is 1.79. The molecule has 2 aromatic heterocycles. The first kappa shape index (κ1) is 10.3. The number of nitrogens with zero attached hydrogens (tertiary/aromatic N) is 1. The van der Waals surface area contributed by atoms with Crippen LogP contribution in [0, 0.1) is 13.8 Å². The van der Waals surface area contributed by atoms with Gasteiger partial charge in [-0.2, -0.15) is 11.3 Å². The lowest BCUT2D eigenvalue weighted by Gasteiger charge is -1.99. The Balaban J connectivity index is 2.54. The Morgan fingerprint density at radius 2 is 2.07 bits per heavy atom. The molecule has 0 spiro atoms. The summed E-state index contributed by atoms with van der Waals surface area (Å²) in [7, 11) is 0. The minimum atomic E-state index is -2.48. The smallest absolute Gasteiger partial charge is 0.265 e. The van der Waals surface area contributed by atoms with E-state index in [1.54, 1.807) is 19.2 Å². The Hall–Kier alpha value is -1.23. The number of oxazole rings is 1. The van der Waals surface area contributed by atoms with E-state index in [2.05, 4.69) is 4.98 Å². The molecule has 0 N–H and O–H groups in total. The van der Waals surface area contributed by atoms with Crippen molar-refractivity contribution in [3.05, 3.63) is 27.9 Å². The Morgan fingerprint density at radius 1 is 1.33 bits per heavy atom. The van der Waals surface area contributed by atoms with E-state index in [1.807, 2.05) is 0 Å². The molecule has 0 unspecified atom stereocenters. The molecule has 2 nitrogen and oxygen atoms in total. The first-order valence-electron chi connectivity index (χ1n) is 4.38. The van der Waals surface area contributed by atoms with Gasteiger partial charge in [0, 0.05) is 28.8 Å². The van der Waals surface area contributed by atoms with Gasteiger partial charge in [0.15, 0.2) is 11.7 Å². The minimum Gasteiger partial charge on any atom is -0.441 e. The summed E-state index contributed by atoms with van der Waals surface area (Å²) >= 11 is 1.24. The van der Waals surface area contributed by atoms with Crippen LogP contribution in [0.4, 0.5) is 8.78 Å². The molecule has 0 atom stereocenters. The van der Waals surface area contributed by atoms with Crippen LogP contribution < -0.4 is 0 Å². The number of hydrogen-bond acceptors (Lipinski definition) is 3. The van der Waals surface area contributed by atoms with Crippen LogP contribution in [-0.4, -0.2) is 4.98 Å². The van der Waals surface area contributed by atoms with Gasteiger partial charge in [0.05, 0.1) is 5.69 Å². The van der Waals surface area contributed by atoms with Crippen LogP contribution >= 0.6 is 11.3 Å². The van der Waals surface area contributed by atoms with Crippen molar-refractivity contribution in [1.82, 2.24) is 4.98 Å². The van der Waals surface area contributed by atoms with Gasteiger partial charge < -0.3 is 4.42 Å². The number of aryl methyl sites for hydroxylation is 2. The highest BCUT2D eigenvalue weighted by molar-refractivity contribution is 7.08. The van der Waals surface area contributed by atoms with Gasteiger partial charge in [0.2, 0.25) is 0 Å². The summed E-state index contributed by atoms with van der Waals surface area (Å²) in [5.74, 6) is 0.943. The van der Waals surface area contributed by atoms with E-state index in [0.29, 0.717) is 22.9 Å². The maximum absolute atomic E-state index is 12.6. The molecule has 0 aliphatic heterocycles. The molecular formula is C10H9F2NOS. The highest BCUT2D eigenvalue weighted by Crippen LogP contribution is 2.35. The van der Waals surface area contributed by atoms with E-state index in [0.717, 1.165) is 0 Å². The second kappa shape index (κ2) is 3.73. The first-order valence-corrected chi connectivity index (χ1v) is 5.32. The molecule has 2 heterocycles. The third-order valence-electron chi connectivity index (χ3n) is 2.08. The van der Waals surface area contributed by atoms with Gasteiger partial charge in [-0.3, -0.25) is 0 Å². The standard InChI is InChI=1S/C10H9F2NOS/c1-5-9(14-6(2)13-5)7-3-15-4-8(7)10(11)12/h3-4,10H,1-2H3. The van der Waals surface area contributed by atoms with Crippen molar-refractivity contribution >= 4 is 11.3 Å². The molecular weight excluding hydrogens is 220 g/mol. The van der Waals surface area contributed by atoms with E-state index in [9.17, 15) is 8.78 Å². The molecule has 80 valence electrons. The highest BCUT2D eigenvalue weighted by atomic mass is 32.1. The predicted octanol–water partition coefficient (Wildman–Crippen LogP) is 3.96. The quantitative estimate of drug-likeness (QED) is 0.779.